The lowest BCUT2D eigenvalue weighted by atomic mass is 10.1. The number of ketones is 1. The predicted octanol–water partition coefficient (Wildman–Crippen LogP) is 1.53. The maximum Gasteiger partial charge on any atom is 0.144 e. The second-order valence-electron chi connectivity index (χ2n) is 2.71. The van der Waals surface area contributed by atoms with Crippen LogP contribution < -0.4 is 0 Å². The molecule has 68 valence electrons. The van der Waals surface area contributed by atoms with Gasteiger partial charge in [0.05, 0.1) is 6.42 Å². The highest BCUT2D eigenvalue weighted by Crippen LogP contribution is 2.04. The average Bonchev–Trinajstić information content (AvgIpc) is 2.09. The normalized spacial score (nSPS) is 9.62. The van der Waals surface area contributed by atoms with Gasteiger partial charge in [0.25, 0.3) is 0 Å². The quantitative estimate of drug-likeness (QED) is 0.520. The van der Waals surface area contributed by atoms with Gasteiger partial charge in [-0.25, -0.2) is 4.39 Å². The van der Waals surface area contributed by atoms with Crippen LogP contribution in [0.5, 0.6) is 0 Å². The van der Waals surface area contributed by atoms with Crippen LogP contribution in [0.1, 0.15) is 12.0 Å². The Hall–Kier alpha value is -1.51. The molecule has 1 aromatic carbocycles. The highest BCUT2D eigenvalue weighted by molar-refractivity contribution is 5.91. The molecule has 0 aromatic heterocycles. The molecule has 0 radical (unpaired) electrons. The Morgan fingerprint density at radius 1 is 1.31 bits per heavy atom. The van der Waals surface area contributed by atoms with Gasteiger partial charge in [0, 0.05) is 6.42 Å². The molecule has 0 aliphatic carbocycles. The molecular formula is C10H9FO2. The number of rotatable bonds is 4. The number of carbonyl (C=O) groups excluding carboxylic acids is 2. The summed E-state index contributed by atoms with van der Waals surface area (Å²) in [6.07, 6.45) is 0.697. The van der Waals surface area contributed by atoms with Gasteiger partial charge >= 0.3 is 0 Å². The largest absolute Gasteiger partial charge is 0.303 e. The third-order valence-electron chi connectivity index (χ3n) is 1.63. The summed E-state index contributed by atoms with van der Waals surface area (Å²) in [7, 11) is 0. The molecular weight excluding hydrogens is 171 g/mol. The fourth-order valence-electron chi connectivity index (χ4n) is 0.995. The first-order chi connectivity index (χ1) is 6.22. The summed E-state index contributed by atoms with van der Waals surface area (Å²) in [5.41, 5.74) is 0.730. The Morgan fingerprint density at radius 2 is 1.92 bits per heavy atom. The molecule has 2 nitrogen and oxygen atoms in total. The highest BCUT2D eigenvalue weighted by atomic mass is 19.1. The van der Waals surface area contributed by atoms with E-state index in [1.165, 1.54) is 24.3 Å². The van der Waals surface area contributed by atoms with Crippen molar-refractivity contribution >= 4 is 12.1 Å². The summed E-state index contributed by atoms with van der Waals surface area (Å²) in [5, 5.41) is 0. The van der Waals surface area contributed by atoms with Crippen molar-refractivity contribution in [2.75, 3.05) is 0 Å². The van der Waals surface area contributed by atoms with Gasteiger partial charge in [-0.15, -0.1) is 0 Å². The lowest BCUT2D eigenvalue weighted by Gasteiger charge is -1.97. The molecule has 0 atom stereocenters. The molecule has 0 amide bonds. The number of halogens is 1. The first-order valence-electron chi connectivity index (χ1n) is 3.92. The number of benzene rings is 1. The van der Waals surface area contributed by atoms with Crippen LogP contribution in [0, 0.1) is 5.82 Å². The molecule has 1 aromatic rings. The summed E-state index contributed by atoms with van der Waals surface area (Å²) < 4.78 is 12.4. The zero-order chi connectivity index (χ0) is 9.68. The third-order valence-corrected chi connectivity index (χ3v) is 1.63. The molecule has 0 unspecified atom stereocenters. The van der Waals surface area contributed by atoms with Crippen LogP contribution in [-0.4, -0.2) is 12.1 Å². The zero-order valence-corrected chi connectivity index (χ0v) is 7.00. The Morgan fingerprint density at radius 3 is 2.46 bits per heavy atom. The molecule has 0 saturated carbocycles. The van der Waals surface area contributed by atoms with E-state index in [0.717, 1.165) is 5.56 Å². The van der Waals surface area contributed by atoms with Crippen molar-refractivity contribution in [3.63, 3.8) is 0 Å². The fourth-order valence-corrected chi connectivity index (χ4v) is 0.995. The highest BCUT2D eigenvalue weighted by Gasteiger charge is 2.02. The molecule has 0 saturated heterocycles. The van der Waals surface area contributed by atoms with E-state index in [4.69, 9.17) is 0 Å². The van der Waals surface area contributed by atoms with Gasteiger partial charge in [-0.3, -0.25) is 4.79 Å². The number of carbonyl (C=O) groups is 2. The summed E-state index contributed by atoms with van der Waals surface area (Å²) >= 11 is 0. The second-order valence-corrected chi connectivity index (χ2v) is 2.71. The molecule has 0 fully saturated rings. The van der Waals surface area contributed by atoms with Crippen LogP contribution in [-0.2, 0) is 16.0 Å². The minimum absolute atomic E-state index is 0.0720. The molecule has 0 bridgehead atoms. The van der Waals surface area contributed by atoms with Gasteiger partial charge in [-0.2, -0.15) is 0 Å². The van der Waals surface area contributed by atoms with E-state index in [1.807, 2.05) is 0 Å². The van der Waals surface area contributed by atoms with Crippen molar-refractivity contribution < 1.29 is 14.0 Å². The number of hydrogen-bond acceptors (Lipinski definition) is 2. The lowest BCUT2D eigenvalue weighted by molar-refractivity contribution is -0.121. The van der Waals surface area contributed by atoms with Crippen molar-refractivity contribution in [1.82, 2.24) is 0 Å². The summed E-state index contributed by atoms with van der Waals surface area (Å²) in [6, 6.07) is 5.67. The predicted molar refractivity (Wildman–Crippen MR) is 45.8 cm³/mol. The number of aldehydes is 1. The van der Waals surface area contributed by atoms with Gasteiger partial charge in [0.1, 0.15) is 17.9 Å². The van der Waals surface area contributed by atoms with Crippen LogP contribution in [0.2, 0.25) is 0 Å². The maximum atomic E-state index is 12.4. The lowest BCUT2D eigenvalue weighted by Crippen LogP contribution is -2.02. The zero-order valence-electron chi connectivity index (χ0n) is 7.00. The molecule has 1 rings (SSSR count). The Labute approximate surface area is 75.4 Å². The Bertz CT molecular complexity index is 303. The van der Waals surface area contributed by atoms with Crippen LogP contribution in [0.25, 0.3) is 0 Å². The molecule has 0 heterocycles. The van der Waals surface area contributed by atoms with Crippen molar-refractivity contribution in [3.8, 4) is 0 Å². The SMILES string of the molecule is O=CCC(=O)Cc1ccc(F)cc1. The summed E-state index contributed by atoms with van der Waals surface area (Å²) in [6.45, 7) is 0. The van der Waals surface area contributed by atoms with Crippen molar-refractivity contribution in [3.05, 3.63) is 35.6 Å². The van der Waals surface area contributed by atoms with Crippen LogP contribution in [0.15, 0.2) is 24.3 Å². The Balaban J connectivity index is 2.59. The van der Waals surface area contributed by atoms with Crippen molar-refractivity contribution in [1.29, 1.82) is 0 Å². The van der Waals surface area contributed by atoms with E-state index in [-0.39, 0.29) is 24.4 Å². The molecule has 0 aliphatic rings. The van der Waals surface area contributed by atoms with E-state index in [9.17, 15) is 14.0 Å². The van der Waals surface area contributed by atoms with E-state index >= 15 is 0 Å². The molecule has 0 spiro atoms. The van der Waals surface area contributed by atoms with Gasteiger partial charge in [-0.1, -0.05) is 12.1 Å². The minimum atomic E-state index is -0.327. The van der Waals surface area contributed by atoms with Crippen LogP contribution in [0.3, 0.4) is 0 Å². The summed E-state index contributed by atoms with van der Waals surface area (Å²) in [5.74, 6) is -0.479. The van der Waals surface area contributed by atoms with E-state index < -0.39 is 0 Å². The summed E-state index contributed by atoms with van der Waals surface area (Å²) in [4.78, 5) is 21.0. The van der Waals surface area contributed by atoms with Crippen molar-refractivity contribution in [2.24, 2.45) is 0 Å². The van der Waals surface area contributed by atoms with Gasteiger partial charge in [0.2, 0.25) is 0 Å². The van der Waals surface area contributed by atoms with Gasteiger partial charge < -0.3 is 4.79 Å². The van der Waals surface area contributed by atoms with E-state index in [0.29, 0.717) is 6.29 Å². The average molecular weight is 180 g/mol. The topological polar surface area (TPSA) is 34.1 Å². The van der Waals surface area contributed by atoms with Crippen molar-refractivity contribution in [2.45, 2.75) is 12.8 Å². The first kappa shape index (κ1) is 9.58. The third kappa shape index (κ3) is 3.15. The number of hydrogen-bond donors (Lipinski definition) is 0. The Kier molecular flexibility index (Phi) is 3.31. The first-order valence-corrected chi connectivity index (χ1v) is 3.92. The monoisotopic (exact) mass is 180 g/mol. The fraction of sp³-hybridized carbons (Fsp3) is 0.200. The van der Waals surface area contributed by atoms with Crippen LogP contribution in [0.4, 0.5) is 4.39 Å². The molecule has 0 N–H and O–H groups in total. The molecule has 13 heavy (non-hydrogen) atoms. The van der Waals surface area contributed by atoms with E-state index in [2.05, 4.69) is 0 Å². The molecule has 0 aliphatic heterocycles. The van der Waals surface area contributed by atoms with Crippen LogP contribution >= 0.6 is 0 Å². The minimum Gasteiger partial charge on any atom is -0.303 e. The second kappa shape index (κ2) is 4.50. The number of Topliss-reactive ketones (excluding diaryl/α,β-unsaturated/α-hetero) is 1. The van der Waals surface area contributed by atoms with Gasteiger partial charge in [0.15, 0.2) is 0 Å². The van der Waals surface area contributed by atoms with E-state index in [1.54, 1.807) is 0 Å². The standard InChI is InChI=1S/C10H9FO2/c11-9-3-1-8(2-4-9)7-10(13)5-6-12/h1-4,6H,5,7H2. The van der Waals surface area contributed by atoms with Gasteiger partial charge in [-0.05, 0) is 17.7 Å². The maximum absolute atomic E-state index is 12.4. The molecule has 3 heteroatoms. The smallest absolute Gasteiger partial charge is 0.144 e.